The van der Waals surface area contributed by atoms with Crippen LogP contribution < -0.4 is 0 Å². The minimum Gasteiger partial charge on any atom is -0.207 e. The zero-order valence-corrected chi connectivity index (χ0v) is 8.83. The van der Waals surface area contributed by atoms with Crippen LogP contribution in [0.2, 0.25) is 0 Å². The summed E-state index contributed by atoms with van der Waals surface area (Å²) >= 11 is 0. The maximum Gasteiger partial charge on any atom is 0.126 e. The molecule has 1 aliphatic carbocycles. The molecule has 1 atom stereocenters. The lowest BCUT2D eigenvalue weighted by Crippen LogP contribution is -2.10. The van der Waals surface area contributed by atoms with Crippen LogP contribution in [-0.4, -0.2) is 0 Å². The summed E-state index contributed by atoms with van der Waals surface area (Å²) in [6.07, 6.45) is 2.55. The fourth-order valence-electron chi connectivity index (χ4n) is 2.36. The van der Waals surface area contributed by atoms with Crippen molar-refractivity contribution in [3.8, 4) is 0 Å². The molecule has 0 aromatic heterocycles. The second-order valence-corrected chi connectivity index (χ2v) is 4.63. The van der Waals surface area contributed by atoms with Crippen LogP contribution in [0.1, 0.15) is 38.2 Å². The number of hydrogen-bond donors (Lipinski definition) is 0. The predicted octanol–water partition coefficient (Wildman–Crippen LogP) is 3.98. The van der Waals surface area contributed by atoms with Crippen LogP contribution in [0, 0.1) is 17.7 Å². The summed E-state index contributed by atoms with van der Waals surface area (Å²) in [5.41, 5.74) is 0.921. The highest BCUT2D eigenvalue weighted by Crippen LogP contribution is 2.46. The van der Waals surface area contributed by atoms with Gasteiger partial charge in [0, 0.05) is 0 Å². The highest BCUT2D eigenvalue weighted by molar-refractivity contribution is 5.24. The van der Waals surface area contributed by atoms with Crippen molar-refractivity contribution >= 4 is 0 Å². The van der Waals surface area contributed by atoms with Crippen LogP contribution in [0.3, 0.4) is 0 Å². The Morgan fingerprint density at radius 2 is 1.86 bits per heavy atom. The molecule has 1 heteroatoms. The van der Waals surface area contributed by atoms with Crippen molar-refractivity contribution in [1.82, 2.24) is 0 Å². The number of benzene rings is 1. The zero-order chi connectivity index (χ0) is 10.1. The Hall–Kier alpha value is -0.850. The fourth-order valence-corrected chi connectivity index (χ4v) is 2.36. The number of rotatable bonds is 3. The van der Waals surface area contributed by atoms with Crippen LogP contribution in [0.5, 0.6) is 0 Å². The summed E-state index contributed by atoms with van der Waals surface area (Å²) in [5.74, 6) is 1.67. The first-order valence-corrected chi connectivity index (χ1v) is 5.44. The van der Waals surface area contributed by atoms with E-state index in [0.717, 1.165) is 11.5 Å². The average Bonchev–Trinajstić information content (AvgIpc) is 2.92. The van der Waals surface area contributed by atoms with Crippen LogP contribution >= 0.6 is 0 Å². The molecule has 0 saturated heterocycles. The van der Waals surface area contributed by atoms with E-state index in [4.69, 9.17) is 0 Å². The summed E-state index contributed by atoms with van der Waals surface area (Å²) in [5, 5.41) is 0. The lowest BCUT2D eigenvalue weighted by molar-refractivity contribution is 0.430. The summed E-state index contributed by atoms with van der Waals surface area (Å²) < 4.78 is 13.6. The van der Waals surface area contributed by atoms with E-state index in [1.165, 1.54) is 12.8 Å². The topological polar surface area (TPSA) is 0 Å². The molecule has 0 heterocycles. The van der Waals surface area contributed by atoms with Gasteiger partial charge in [0.05, 0.1) is 0 Å². The third-order valence-electron chi connectivity index (χ3n) is 3.11. The third-order valence-corrected chi connectivity index (χ3v) is 3.11. The minimum atomic E-state index is -0.0295. The van der Waals surface area contributed by atoms with Crippen LogP contribution in [0.25, 0.3) is 0 Å². The van der Waals surface area contributed by atoms with Gasteiger partial charge in [0.1, 0.15) is 5.82 Å². The van der Waals surface area contributed by atoms with Crippen molar-refractivity contribution < 1.29 is 4.39 Å². The molecule has 0 N–H and O–H groups in total. The van der Waals surface area contributed by atoms with Crippen LogP contribution in [0.15, 0.2) is 24.3 Å². The van der Waals surface area contributed by atoms with E-state index in [1.54, 1.807) is 12.1 Å². The highest BCUT2D eigenvalue weighted by atomic mass is 19.1. The van der Waals surface area contributed by atoms with E-state index < -0.39 is 0 Å². The molecule has 76 valence electrons. The van der Waals surface area contributed by atoms with E-state index in [1.807, 2.05) is 12.1 Å². The Morgan fingerprint density at radius 1 is 1.21 bits per heavy atom. The van der Waals surface area contributed by atoms with Crippen molar-refractivity contribution in [3.05, 3.63) is 35.6 Å². The molecule has 0 radical (unpaired) electrons. The number of hydrogen-bond acceptors (Lipinski definition) is 0. The summed E-state index contributed by atoms with van der Waals surface area (Å²) in [6.45, 7) is 4.38. The molecular formula is C13H17F. The van der Waals surface area contributed by atoms with Gasteiger partial charge >= 0.3 is 0 Å². The molecular weight excluding hydrogens is 175 g/mol. The Balaban J connectivity index is 2.30. The quantitative estimate of drug-likeness (QED) is 0.679. The molecule has 0 spiro atoms. The molecule has 0 amide bonds. The van der Waals surface area contributed by atoms with Crippen molar-refractivity contribution in [2.75, 3.05) is 0 Å². The van der Waals surface area contributed by atoms with E-state index in [2.05, 4.69) is 13.8 Å². The van der Waals surface area contributed by atoms with Crippen molar-refractivity contribution in [2.45, 2.75) is 32.6 Å². The van der Waals surface area contributed by atoms with E-state index in [-0.39, 0.29) is 5.82 Å². The van der Waals surface area contributed by atoms with Crippen LogP contribution in [0.4, 0.5) is 4.39 Å². The van der Waals surface area contributed by atoms with Gasteiger partial charge in [-0.3, -0.25) is 0 Å². The first kappa shape index (κ1) is 9.70. The monoisotopic (exact) mass is 192 g/mol. The van der Waals surface area contributed by atoms with Gasteiger partial charge in [-0.1, -0.05) is 32.0 Å². The van der Waals surface area contributed by atoms with Crippen molar-refractivity contribution in [3.63, 3.8) is 0 Å². The second-order valence-electron chi connectivity index (χ2n) is 4.63. The summed E-state index contributed by atoms with van der Waals surface area (Å²) in [7, 11) is 0. The summed E-state index contributed by atoms with van der Waals surface area (Å²) in [4.78, 5) is 0. The molecule has 1 saturated carbocycles. The largest absolute Gasteiger partial charge is 0.207 e. The van der Waals surface area contributed by atoms with E-state index in [9.17, 15) is 4.39 Å². The molecule has 14 heavy (non-hydrogen) atoms. The zero-order valence-electron chi connectivity index (χ0n) is 8.83. The normalized spacial score (nSPS) is 18.6. The van der Waals surface area contributed by atoms with E-state index in [0.29, 0.717) is 11.8 Å². The molecule has 1 unspecified atom stereocenters. The Labute approximate surface area is 85.1 Å². The lowest BCUT2D eigenvalue weighted by Gasteiger charge is -2.21. The standard InChI is InChI=1S/C13H17F/c1-9(2)13(10-7-8-10)11-5-3-4-6-12(11)14/h3-6,9-10,13H,7-8H2,1-2H3. The smallest absolute Gasteiger partial charge is 0.126 e. The van der Waals surface area contributed by atoms with Gasteiger partial charge in [-0.05, 0) is 42.2 Å². The maximum absolute atomic E-state index is 13.6. The SMILES string of the molecule is CC(C)C(c1ccccc1F)C1CC1. The second kappa shape index (κ2) is 3.72. The Morgan fingerprint density at radius 3 is 2.36 bits per heavy atom. The van der Waals surface area contributed by atoms with Gasteiger partial charge in [-0.25, -0.2) is 4.39 Å². The molecule has 0 aliphatic heterocycles. The average molecular weight is 192 g/mol. The Kier molecular flexibility index (Phi) is 2.58. The van der Waals surface area contributed by atoms with Gasteiger partial charge in [-0.2, -0.15) is 0 Å². The molecule has 1 aromatic carbocycles. The fraction of sp³-hybridized carbons (Fsp3) is 0.538. The first-order chi connectivity index (χ1) is 6.70. The van der Waals surface area contributed by atoms with Gasteiger partial charge in [0.25, 0.3) is 0 Å². The van der Waals surface area contributed by atoms with Gasteiger partial charge in [0.2, 0.25) is 0 Å². The molecule has 1 fully saturated rings. The number of halogens is 1. The molecule has 1 aromatic rings. The van der Waals surface area contributed by atoms with Crippen LogP contribution in [-0.2, 0) is 0 Å². The summed E-state index contributed by atoms with van der Waals surface area (Å²) in [6, 6.07) is 7.23. The minimum absolute atomic E-state index is 0.0295. The molecule has 0 nitrogen and oxygen atoms in total. The third kappa shape index (κ3) is 1.82. The van der Waals surface area contributed by atoms with E-state index >= 15 is 0 Å². The van der Waals surface area contributed by atoms with Gasteiger partial charge < -0.3 is 0 Å². The van der Waals surface area contributed by atoms with Gasteiger partial charge in [-0.15, -0.1) is 0 Å². The van der Waals surface area contributed by atoms with Crippen molar-refractivity contribution in [2.24, 2.45) is 11.8 Å². The molecule has 0 bridgehead atoms. The van der Waals surface area contributed by atoms with Crippen molar-refractivity contribution in [1.29, 1.82) is 0 Å². The predicted molar refractivity (Wildman–Crippen MR) is 56.7 cm³/mol. The molecule has 2 rings (SSSR count). The highest BCUT2D eigenvalue weighted by Gasteiger charge is 2.35. The molecule has 1 aliphatic rings. The van der Waals surface area contributed by atoms with Gasteiger partial charge in [0.15, 0.2) is 0 Å². The maximum atomic E-state index is 13.6. The lowest BCUT2D eigenvalue weighted by atomic mass is 9.84. The first-order valence-electron chi connectivity index (χ1n) is 5.44. The Bertz CT molecular complexity index is 311.